The number of ether oxygens (including phenoxy) is 2. The molecule has 0 radical (unpaired) electrons. The van der Waals surface area contributed by atoms with Crippen LogP contribution in [0.5, 0.6) is 11.5 Å². The first-order valence-corrected chi connectivity index (χ1v) is 7.48. The molecular formula is C19H17NO4. The first kappa shape index (κ1) is 15.8. The monoisotopic (exact) mass is 323 g/mol. The number of hydrogen-bond acceptors (Lipinski definition) is 4. The standard InChI is InChI=1S/C19H17NO4/c1-12-9-16(20-15-6-4-3-5-14(12)15)13-7-8-17(18(10-13)23-2)24-11-19(21)22/h3-10H,11H2,1-2H3,(H,21,22). The minimum absolute atomic E-state index is 0.390. The molecule has 5 nitrogen and oxygen atoms in total. The number of carboxylic acid groups (broad SMARTS) is 1. The molecule has 0 bridgehead atoms. The molecular weight excluding hydrogens is 306 g/mol. The second-order valence-electron chi connectivity index (χ2n) is 5.39. The van der Waals surface area contributed by atoms with Crippen LogP contribution in [-0.4, -0.2) is 29.8 Å². The third-order valence-electron chi connectivity index (χ3n) is 3.73. The summed E-state index contributed by atoms with van der Waals surface area (Å²) >= 11 is 0. The van der Waals surface area contributed by atoms with Crippen LogP contribution in [0.25, 0.3) is 22.2 Å². The van der Waals surface area contributed by atoms with E-state index in [4.69, 9.17) is 19.6 Å². The van der Waals surface area contributed by atoms with Crippen molar-refractivity contribution >= 4 is 16.9 Å². The quantitative estimate of drug-likeness (QED) is 0.775. The number of carboxylic acids is 1. The largest absolute Gasteiger partial charge is 0.493 e. The second kappa shape index (κ2) is 6.58. The van der Waals surface area contributed by atoms with Crippen molar-refractivity contribution in [2.45, 2.75) is 6.92 Å². The topological polar surface area (TPSA) is 68.7 Å². The predicted octanol–water partition coefficient (Wildman–Crippen LogP) is 3.68. The summed E-state index contributed by atoms with van der Waals surface area (Å²) in [6, 6.07) is 15.3. The van der Waals surface area contributed by atoms with Crippen LogP contribution in [-0.2, 0) is 4.79 Å². The third-order valence-corrected chi connectivity index (χ3v) is 3.73. The second-order valence-corrected chi connectivity index (χ2v) is 5.39. The Morgan fingerprint density at radius 2 is 1.92 bits per heavy atom. The van der Waals surface area contributed by atoms with Gasteiger partial charge >= 0.3 is 5.97 Å². The molecule has 3 aromatic rings. The molecule has 3 rings (SSSR count). The van der Waals surface area contributed by atoms with E-state index in [0.717, 1.165) is 27.7 Å². The lowest BCUT2D eigenvalue weighted by Gasteiger charge is -2.12. The maximum absolute atomic E-state index is 10.6. The molecule has 0 spiro atoms. The zero-order valence-corrected chi connectivity index (χ0v) is 13.4. The summed E-state index contributed by atoms with van der Waals surface area (Å²) < 4.78 is 10.5. The molecule has 0 fully saturated rings. The minimum Gasteiger partial charge on any atom is -0.493 e. The molecule has 0 aliphatic rings. The summed E-state index contributed by atoms with van der Waals surface area (Å²) in [5.74, 6) is -0.171. The number of pyridine rings is 1. The van der Waals surface area contributed by atoms with Crippen molar-refractivity contribution in [2.75, 3.05) is 13.7 Å². The highest BCUT2D eigenvalue weighted by Crippen LogP contribution is 2.33. The SMILES string of the molecule is COc1cc(-c2cc(C)c3ccccc3n2)ccc1OCC(=O)O. The normalized spacial score (nSPS) is 10.6. The Hall–Kier alpha value is -3.08. The van der Waals surface area contributed by atoms with Gasteiger partial charge in [-0.15, -0.1) is 0 Å². The van der Waals surface area contributed by atoms with E-state index in [9.17, 15) is 4.79 Å². The Balaban J connectivity index is 2.02. The average molecular weight is 323 g/mol. The molecule has 0 aliphatic heterocycles. The van der Waals surface area contributed by atoms with Gasteiger partial charge in [0.2, 0.25) is 0 Å². The number of fused-ring (bicyclic) bond motifs is 1. The van der Waals surface area contributed by atoms with Crippen LogP contribution in [0.15, 0.2) is 48.5 Å². The van der Waals surface area contributed by atoms with Crippen molar-refractivity contribution in [1.82, 2.24) is 4.98 Å². The Morgan fingerprint density at radius 1 is 1.12 bits per heavy atom. The molecule has 24 heavy (non-hydrogen) atoms. The van der Waals surface area contributed by atoms with E-state index in [-0.39, 0.29) is 0 Å². The summed E-state index contributed by atoms with van der Waals surface area (Å²) in [5.41, 5.74) is 3.77. The van der Waals surface area contributed by atoms with E-state index in [0.29, 0.717) is 11.5 Å². The maximum Gasteiger partial charge on any atom is 0.341 e. The van der Waals surface area contributed by atoms with E-state index in [1.165, 1.54) is 7.11 Å². The van der Waals surface area contributed by atoms with Crippen molar-refractivity contribution in [2.24, 2.45) is 0 Å². The molecule has 122 valence electrons. The number of aliphatic carboxylic acids is 1. The molecule has 1 aromatic heterocycles. The molecule has 0 aliphatic carbocycles. The van der Waals surface area contributed by atoms with E-state index < -0.39 is 12.6 Å². The molecule has 0 saturated carbocycles. The maximum atomic E-state index is 10.6. The van der Waals surface area contributed by atoms with Crippen molar-refractivity contribution in [1.29, 1.82) is 0 Å². The average Bonchev–Trinajstić information content (AvgIpc) is 2.59. The van der Waals surface area contributed by atoms with Gasteiger partial charge in [-0.05, 0) is 42.8 Å². The fourth-order valence-electron chi connectivity index (χ4n) is 2.58. The number of carbonyl (C=O) groups is 1. The van der Waals surface area contributed by atoms with Gasteiger partial charge in [0.15, 0.2) is 18.1 Å². The lowest BCUT2D eigenvalue weighted by molar-refractivity contribution is -0.139. The molecule has 0 saturated heterocycles. The van der Waals surface area contributed by atoms with Crippen LogP contribution in [0.1, 0.15) is 5.56 Å². The lowest BCUT2D eigenvalue weighted by atomic mass is 10.0. The molecule has 2 aromatic carbocycles. The highest BCUT2D eigenvalue weighted by atomic mass is 16.5. The van der Waals surface area contributed by atoms with Crippen LogP contribution in [0.4, 0.5) is 0 Å². The number of aromatic nitrogens is 1. The Bertz CT molecular complexity index is 905. The molecule has 0 atom stereocenters. The number of aryl methyl sites for hydroxylation is 1. The number of benzene rings is 2. The minimum atomic E-state index is -1.03. The summed E-state index contributed by atoms with van der Waals surface area (Å²) in [4.78, 5) is 15.3. The van der Waals surface area contributed by atoms with E-state index in [1.807, 2.05) is 36.4 Å². The van der Waals surface area contributed by atoms with Crippen LogP contribution < -0.4 is 9.47 Å². The van der Waals surface area contributed by atoms with Gasteiger partial charge in [0, 0.05) is 10.9 Å². The summed E-state index contributed by atoms with van der Waals surface area (Å²) in [7, 11) is 1.52. The highest BCUT2D eigenvalue weighted by Gasteiger charge is 2.11. The molecule has 1 N–H and O–H groups in total. The Kier molecular flexibility index (Phi) is 4.33. The number of rotatable bonds is 5. The van der Waals surface area contributed by atoms with E-state index in [2.05, 4.69) is 6.92 Å². The molecule has 5 heteroatoms. The first-order chi connectivity index (χ1) is 11.6. The van der Waals surface area contributed by atoms with Crippen LogP contribution in [0, 0.1) is 6.92 Å². The van der Waals surface area contributed by atoms with Gasteiger partial charge in [0.1, 0.15) is 0 Å². The smallest absolute Gasteiger partial charge is 0.341 e. The summed E-state index contributed by atoms with van der Waals surface area (Å²) in [6.07, 6.45) is 0. The molecule has 1 heterocycles. The number of hydrogen-bond donors (Lipinski definition) is 1. The number of methoxy groups -OCH3 is 1. The zero-order chi connectivity index (χ0) is 17.1. The third kappa shape index (κ3) is 3.15. The van der Waals surface area contributed by atoms with Gasteiger partial charge in [-0.1, -0.05) is 18.2 Å². The summed E-state index contributed by atoms with van der Waals surface area (Å²) in [6.45, 7) is 1.64. The Labute approximate surface area is 139 Å². The van der Waals surface area contributed by atoms with Gasteiger partial charge in [0.05, 0.1) is 18.3 Å². The molecule has 0 amide bonds. The first-order valence-electron chi connectivity index (χ1n) is 7.48. The van der Waals surface area contributed by atoms with Gasteiger partial charge in [0.25, 0.3) is 0 Å². The van der Waals surface area contributed by atoms with Crippen LogP contribution in [0.3, 0.4) is 0 Å². The zero-order valence-electron chi connectivity index (χ0n) is 13.4. The molecule has 0 unspecified atom stereocenters. The lowest BCUT2D eigenvalue weighted by Crippen LogP contribution is -2.10. The van der Waals surface area contributed by atoms with Gasteiger partial charge in [-0.2, -0.15) is 0 Å². The van der Waals surface area contributed by atoms with Crippen molar-refractivity contribution in [3.05, 3.63) is 54.1 Å². The van der Waals surface area contributed by atoms with E-state index in [1.54, 1.807) is 12.1 Å². The fourth-order valence-corrected chi connectivity index (χ4v) is 2.58. The van der Waals surface area contributed by atoms with Gasteiger partial charge in [-0.3, -0.25) is 0 Å². The predicted molar refractivity (Wildman–Crippen MR) is 91.6 cm³/mol. The van der Waals surface area contributed by atoms with Crippen molar-refractivity contribution < 1.29 is 19.4 Å². The number of nitrogens with zero attached hydrogens (tertiary/aromatic N) is 1. The number of para-hydroxylation sites is 1. The summed E-state index contributed by atoms with van der Waals surface area (Å²) in [5, 5.41) is 9.85. The van der Waals surface area contributed by atoms with Crippen molar-refractivity contribution in [3.63, 3.8) is 0 Å². The van der Waals surface area contributed by atoms with Gasteiger partial charge < -0.3 is 14.6 Å². The van der Waals surface area contributed by atoms with Crippen LogP contribution in [0.2, 0.25) is 0 Å². The van der Waals surface area contributed by atoms with Gasteiger partial charge in [-0.25, -0.2) is 9.78 Å². The Morgan fingerprint density at radius 3 is 2.67 bits per heavy atom. The van der Waals surface area contributed by atoms with Crippen molar-refractivity contribution in [3.8, 4) is 22.8 Å². The van der Waals surface area contributed by atoms with E-state index >= 15 is 0 Å². The fraction of sp³-hybridized carbons (Fsp3) is 0.158. The van der Waals surface area contributed by atoms with Crippen LogP contribution >= 0.6 is 0 Å². The highest BCUT2D eigenvalue weighted by molar-refractivity contribution is 5.85.